The van der Waals surface area contributed by atoms with Crippen molar-refractivity contribution in [2.75, 3.05) is 0 Å². The molecule has 1 aliphatic rings. The van der Waals surface area contributed by atoms with Crippen molar-refractivity contribution in [3.05, 3.63) is 24.2 Å². The molecule has 0 radical (unpaired) electrons. The minimum absolute atomic E-state index is 0.230. The topological polar surface area (TPSA) is 50.4 Å². The maximum Gasteiger partial charge on any atom is 0.304 e. The van der Waals surface area contributed by atoms with E-state index in [4.69, 9.17) is 9.52 Å². The van der Waals surface area contributed by atoms with Crippen molar-refractivity contribution >= 4 is 17.7 Å². The van der Waals surface area contributed by atoms with Crippen LogP contribution in [0.1, 0.15) is 44.3 Å². The summed E-state index contributed by atoms with van der Waals surface area (Å²) in [5.41, 5.74) is 0. The zero-order chi connectivity index (χ0) is 12.8. The molecule has 1 aromatic heterocycles. The van der Waals surface area contributed by atoms with Gasteiger partial charge in [-0.15, -0.1) is 11.8 Å². The molecule has 100 valence electrons. The normalized spacial score (nSPS) is 18.7. The first-order valence-electron chi connectivity index (χ1n) is 6.61. The van der Waals surface area contributed by atoms with Crippen LogP contribution in [0.25, 0.3) is 0 Å². The lowest BCUT2D eigenvalue weighted by Crippen LogP contribution is -2.23. The maximum absolute atomic E-state index is 11.0. The predicted octanol–water partition coefficient (Wildman–Crippen LogP) is 3.94. The standard InChI is InChI=1S/C14H20O3S/c15-14(16)9-13(11-5-2-1-3-6-11)18-10-12-7-4-8-17-12/h4,7-8,11,13H,1-3,5-6,9-10H2,(H,15,16). The Labute approximate surface area is 112 Å². The Morgan fingerprint density at radius 2 is 2.22 bits per heavy atom. The van der Waals surface area contributed by atoms with E-state index in [1.165, 1.54) is 32.1 Å². The van der Waals surface area contributed by atoms with Gasteiger partial charge in [-0.2, -0.15) is 0 Å². The minimum atomic E-state index is -0.683. The molecule has 1 aliphatic carbocycles. The van der Waals surface area contributed by atoms with Gasteiger partial charge in [-0.25, -0.2) is 0 Å². The summed E-state index contributed by atoms with van der Waals surface area (Å²) in [5.74, 6) is 1.60. The number of furan rings is 1. The molecule has 1 fully saturated rings. The summed E-state index contributed by atoms with van der Waals surface area (Å²) in [6, 6.07) is 3.83. The van der Waals surface area contributed by atoms with Crippen LogP contribution in [0.5, 0.6) is 0 Å². The molecule has 2 rings (SSSR count). The zero-order valence-corrected chi connectivity index (χ0v) is 11.3. The molecule has 1 N–H and O–H groups in total. The summed E-state index contributed by atoms with van der Waals surface area (Å²) in [6.45, 7) is 0. The molecule has 1 saturated carbocycles. The lowest BCUT2D eigenvalue weighted by atomic mass is 9.86. The highest BCUT2D eigenvalue weighted by atomic mass is 32.2. The number of hydrogen-bond acceptors (Lipinski definition) is 3. The fraction of sp³-hybridized carbons (Fsp3) is 0.643. The van der Waals surface area contributed by atoms with Crippen LogP contribution in [0.4, 0.5) is 0 Å². The first-order chi connectivity index (χ1) is 8.75. The van der Waals surface area contributed by atoms with Gasteiger partial charge in [0.25, 0.3) is 0 Å². The summed E-state index contributed by atoms with van der Waals surface area (Å²) in [6.07, 6.45) is 8.12. The van der Waals surface area contributed by atoms with Crippen molar-refractivity contribution in [1.29, 1.82) is 0 Å². The SMILES string of the molecule is O=C(O)CC(SCc1ccco1)C1CCCCC1. The van der Waals surface area contributed by atoms with Gasteiger partial charge in [0.2, 0.25) is 0 Å². The summed E-state index contributed by atoms with van der Waals surface area (Å²) >= 11 is 1.74. The van der Waals surface area contributed by atoms with E-state index < -0.39 is 5.97 Å². The second-order valence-corrected chi connectivity index (χ2v) is 6.15. The van der Waals surface area contributed by atoms with Crippen LogP contribution in [0, 0.1) is 5.92 Å². The van der Waals surface area contributed by atoms with Gasteiger partial charge in [-0.3, -0.25) is 4.79 Å². The Kier molecular flexibility index (Phi) is 5.17. The molecule has 0 bridgehead atoms. The molecule has 1 atom stereocenters. The van der Waals surface area contributed by atoms with E-state index in [1.807, 2.05) is 12.1 Å². The second-order valence-electron chi connectivity index (χ2n) is 4.92. The zero-order valence-electron chi connectivity index (χ0n) is 10.5. The van der Waals surface area contributed by atoms with Gasteiger partial charge in [0.15, 0.2) is 0 Å². The number of carboxylic acid groups (broad SMARTS) is 1. The van der Waals surface area contributed by atoms with Crippen LogP contribution in [0.3, 0.4) is 0 Å². The Morgan fingerprint density at radius 3 is 2.83 bits per heavy atom. The smallest absolute Gasteiger partial charge is 0.304 e. The van der Waals surface area contributed by atoms with E-state index in [0.29, 0.717) is 5.92 Å². The van der Waals surface area contributed by atoms with Crippen LogP contribution >= 0.6 is 11.8 Å². The Hall–Kier alpha value is -0.900. The first-order valence-corrected chi connectivity index (χ1v) is 7.66. The molecule has 0 saturated heterocycles. The number of carbonyl (C=O) groups is 1. The second kappa shape index (κ2) is 6.88. The Balaban J connectivity index is 1.89. The van der Waals surface area contributed by atoms with Crippen LogP contribution in [-0.4, -0.2) is 16.3 Å². The molecule has 0 aliphatic heterocycles. The molecular weight excluding hydrogens is 248 g/mol. The highest BCUT2D eigenvalue weighted by Crippen LogP contribution is 2.35. The molecule has 0 amide bonds. The van der Waals surface area contributed by atoms with Gasteiger partial charge in [-0.05, 0) is 30.9 Å². The fourth-order valence-corrected chi connectivity index (χ4v) is 3.97. The fourth-order valence-electron chi connectivity index (χ4n) is 2.62. The van der Waals surface area contributed by atoms with E-state index in [-0.39, 0.29) is 11.7 Å². The van der Waals surface area contributed by atoms with Crippen molar-refractivity contribution in [1.82, 2.24) is 0 Å². The highest BCUT2D eigenvalue weighted by molar-refractivity contribution is 7.99. The largest absolute Gasteiger partial charge is 0.481 e. The van der Waals surface area contributed by atoms with Crippen molar-refractivity contribution in [3.63, 3.8) is 0 Å². The molecule has 1 aromatic rings. The minimum Gasteiger partial charge on any atom is -0.481 e. The molecule has 1 heterocycles. The molecule has 0 spiro atoms. The number of hydrogen-bond donors (Lipinski definition) is 1. The van der Waals surface area contributed by atoms with Gasteiger partial charge in [0.05, 0.1) is 18.4 Å². The van der Waals surface area contributed by atoms with Crippen LogP contribution in [-0.2, 0) is 10.5 Å². The average molecular weight is 268 g/mol. The molecule has 3 nitrogen and oxygen atoms in total. The predicted molar refractivity (Wildman–Crippen MR) is 72.6 cm³/mol. The van der Waals surface area contributed by atoms with Gasteiger partial charge < -0.3 is 9.52 Å². The third-order valence-electron chi connectivity index (χ3n) is 3.57. The lowest BCUT2D eigenvalue weighted by Gasteiger charge is -2.28. The van der Waals surface area contributed by atoms with Gasteiger partial charge in [-0.1, -0.05) is 19.3 Å². The number of carboxylic acids is 1. The third kappa shape index (κ3) is 4.09. The molecule has 4 heteroatoms. The van der Waals surface area contributed by atoms with Crippen molar-refractivity contribution in [2.24, 2.45) is 5.92 Å². The monoisotopic (exact) mass is 268 g/mol. The van der Waals surface area contributed by atoms with Crippen LogP contribution < -0.4 is 0 Å². The summed E-state index contributed by atoms with van der Waals surface area (Å²) < 4.78 is 5.31. The molecular formula is C14H20O3S. The van der Waals surface area contributed by atoms with E-state index in [0.717, 1.165) is 11.5 Å². The lowest BCUT2D eigenvalue weighted by molar-refractivity contribution is -0.137. The van der Waals surface area contributed by atoms with E-state index in [9.17, 15) is 4.79 Å². The van der Waals surface area contributed by atoms with Crippen LogP contribution in [0.2, 0.25) is 0 Å². The summed E-state index contributed by atoms with van der Waals surface area (Å²) in [5, 5.41) is 9.26. The highest BCUT2D eigenvalue weighted by Gasteiger charge is 2.26. The number of rotatable bonds is 6. The first kappa shape index (κ1) is 13.5. The van der Waals surface area contributed by atoms with Gasteiger partial charge in [0, 0.05) is 5.25 Å². The van der Waals surface area contributed by atoms with E-state index in [1.54, 1.807) is 18.0 Å². The summed E-state index contributed by atoms with van der Waals surface area (Å²) in [4.78, 5) is 11.0. The number of aliphatic carboxylic acids is 1. The van der Waals surface area contributed by atoms with Crippen molar-refractivity contribution in [2.45, 2.75) is 49.5 Å². The molecule has 1 unspecified atom stereocenters. The van der Waals surface area contributed by atoms with Gasteiger partial charge in [0.1, 0.15) is 5.76 Å². The average Bonchev–Trinajstić information content (AvgIpc) is 2.88. The number of thioether (sulfide) groups is 1. The summed E-state index contributed by atoms with van der Waals surface area (Å²) in [7, 11) is 0. The molecule has 0 aromatic carbocycles. The van der Waals surface area contributed by atoms with Gasteiger partial charge >= 0.3 is 5.97 Å². The Morgan fingerprint density at radius 1 is 1.44 bits per heavy atom. The van der Waals surface area contributed by atoms with Crippen molar-refractivity contribution < 1.29 is 14.3 Å². The Bertz CT molecular complexity index is 355. The van der Waals surface area contributed by atoms with E-state index >= 15 is 0 Å². The third-order valence-corrected chi connectivity index (χ3v) is 5.00. The van der Waals surface area contributed by atoms with E-state index in [2.05, 4.69) is 0 Å². The van der Waals surface area contributed by atoms with Crippen LogP contribution in [0.15, 0.2) is 22.8 Å². The quantitative estimate of drug-likeness (QED) is 0.849. The molecule has 18 heavy (non-hydrogen) atoms. The maximum atomic E-state index is 11.0. The van der Waals surface area contributed by atoms with Crippen molar-refractivity contribution in [3.8, 4) is 0 Å².